The molecule has 6 nitrogen and oxygen atoms in total. The van der Waals surface area contributed by atoms with Gasteiger partial charge in [0.1, 0.15) is 0 Å². The van der Waals surface area contributed by atoms with Crippen molar-refractivity contribution < 1.29 is 14.3 Å². The van der Waals surface area contributed by atoms with Crippen molar-refractivity contribution in [2.75, 3.05) is 32.8 Å². The Hall–Kier alpha value is -1.40. The second kappa shape index (κ2) is 7.40. The molecule has 0 aliphatic carbocycles. The van der Waals surface area contributed by atoms with Crippen LogP contribution in [0.2, 0.25) is 0 Å². The summed E-state index contributed by atoms with van der Waals surface area (Å²) in [6, 6.07) is -0.421. The normalized spacial score (nSPS) is 26.6. The SMILES string of the molecule is C=CCNC(=O)CC1NCCN(CC2CCCO2)C1=O. The standard InChI is InChI=1S/C14H23N3O3/c1-2-5-16-13(18)9-12-14(19)17(7-6-15-12)10-11-4-3-8-20-11/h2,11-12,15H,1,3-10H2,(H,16,18). The molecule has 2 saturated heterocycles. The molecule has 6 heteroatoms. The molecule has 0 radical (unpaired) electrons. The third-order valence-corrected chi connectivity index (χ3v) is 3.66. The van der Waals surface area contributed by atoms with E-state index in [4.69, 9.17) is 4.74 Å². The van der Waals surface area contributed by atoms with Gasteiger partial charge in [-0.1, -0.05) is 6.08 Å². The van der Waals surface area contributed by atoms with Crippen LogP contribution in [0.1, 0.15) is 19.3 Å². The maximum Gasteiger partial charge on any atom is 0.240 e. The van der Waals surface area contributed by atoms with Gasteiger partial charge in [0.25, 0.3) is 0 Å². The lowest BCUT2D eigenvalue weighted by molar-refractivity contribution is -0.139. The zero-order valence-electron chi connectivity index (χ0n) is 11.8. The van der Waals surface area contributed by atoms with Gasteiger partial charge >= 0.3 is 0 Å². The number of ether oxygens (including phenoxy) is 1. The van der Waals surface area contributed by atoms with Crippen molar-refractivity contribution in [3.8, 4) is 0 Å². The Morgan fingerprint density at radius 1 is 1.60 bits per heavy atom. The summed E-state index contributed by atoms with van der Waals surface area (Å²) in [6.45, 7) is 6.81. The van der Waals surface area contributed by atoms with Crippen molar-refractivity contribution in [3.05, 3.63) is 12.7 Å². The summed E-state index contributed by atoms with van der Waals surface area (Å²) in [4.78, 5) is 25.8. The van der Waals surface area contributed by atoms with Crippen LogP contribution in [0, 0.1) is 0 Å². The van der Waals surface area contributed by atoms with Crippen molar-refractivity contribution in [3.63, 3.8) is 0 Å². The lowest BCUT2D eigenvalue weighted by atomic mass is 10.1. The second-order valence-corrected chi connectivity index (χ2v) is 5.22. The maximum absolute atomic E-state index is 12.3. The average Bonchev–Trinajstić information content (AvgIpc) is 2.94. The van der Waals surface area contributed by atoms with Gasteiger partial charge in [0.2, 0.25) is 11.8 Å². The first-order valence-corrected chi connectivity index (χ1v) is 7.22. The molecule has 0 saturated carbocycles. The zero-order valence-corrected chi connectivity index (χ0v) is 11.8. The molecule has 2 heterocycles. The van der Waals surface area contributed by atoms with E-state index in [1.807, 2.05) is 4.90 Å². The number of rotatable bonds is 6. The fourth-order valence-electron chi connectivity index (χ4n) is 2.61. The second-order valence-electron chi connectivity index (χ2n) is 5.22. The third-order valence-electron chi connectivity index (χ3n) is 3.66. The van der Waals surface area contributed by atoms with Crippen LogP contribution in [0.25, 0.3) is 0 Å². The predicted octanol–water partition coefficient (Wildman–Crippen LogP) is -0.342. The number of carbonyl (C=O) groups is 2. The van der Waals surface area contributed by atoms with Gasteiger partial charge in [-0.3, -0.25) is 9.59 Å². The Kier molecular flexibility index (Phi) is 5.55. The average molecular weight is 281 g/mol. The van der Waals surface area contributed by atoms with Crippen LogP contribution in [0.3, 0.4) is 0 Å². The first-order chi connectivity index (χ1) is 9.70. The quantitative estimate of drug-likeness (QED) is 0.653. The number of carbonyl (C=O) groups excluding carboxylic acids is 2. The minimum atomic E-state index is -0.421. The summed E-state index contributed by atoms with van der Waals surface area (Å²) in [5.74, 6) is -0.129. The van der Waals surface area contributed by atoms with Gasteiger partial charge in [0.15, 0.2) is 0 Å². The number of amides is 2. The molecule has 0 aromatic heterocycles. The van der Waals surface area contributed by atoms with Gasteiger partial charge in [-0.2, -0.15) is 0 Å². The van der Waals surface area contributed by atoms with E-state index in [1.165, 1.54) is 0 Å². The largest absolute Gasteiger partial charge is 0.376 e. The Bertz CT molecular complexity index is 367. The fourth-order valence-corrected chi connectivity index (χ4v) is 2.61. The minimum absolute atomic E-state index is 0.000466. The molecule has 2 rings (SSSR count). The van der Waals surface area contributed by atoms with Gasteiger partial charge in [-0.15, -0.1) is 6.58 Å². The highest BCUT2D eigenvalue weighted by atomic mass is 16.5. The Labute approximate surface area is 119 Å². The summed E-state index contributed by atoms with van der Waals surface area (Å²) >= 11 is 0. The molecule has 112 valence electrons. The Morgan fingerprint density at radius 3 is 3.15 bits per heavy atom. The van der Waals surface area contributed by atoms with E-state index in [1.54, 1.807) is 6.08 Å². The molecular weight excluding hydrogens is 258 g/mol. The van der Waals surface area contributed by atoms with Crippen molar-refractivity contribution in [1.29, 1.82) is 0 Å². The van der Waals surface area contributed by atoms with Crippen LogP contribution in [-0.4, -0.2) is 61.6 Å². The fraction of sp³-hybridized carbons (Fsp3) is 0.714. The monoisotopic (exact) mass is 281 g/mol. The van der Waals surface area contributed by atoms with Crippen molar-refractivity contribution in [2.24, 2.45) is 0 Å². The molecule has 0 aromatic carbocycles. The van der Waals surface area contributed by atoms with Gasteiger partial charge in [0.05, 0.1) is 18.6 Å². The highest BCUT2D eigenvalue weighted by Crippen LogP contribution is 2.15. The molecule has 2 fully saturated rings. The van der Waals surface area contributed by atoms with Crippen molar-refractivity contribution in [2.45, 2.75) is 31.4 Å². The lowest BCUT2D eigenvalue weighted by Gasteiger charge is -2.34. The van der Waals surface area contributed by atoms with E-state index in [0.717, 1.165) is 26.0 Å². The number of hydrogen-bond donors (Lipinski definition) is 2. The minimum Gasteiger partial charge on any atom is -0.376 e. The molecule has 0 spiro atoms. The van der Waals surface area contributed by atoms with E-state index in [-0.39, 0.29) is 24.3 Å². The van der Waals surface area contributed by atoms with Crippen LogP contribution >= 0.6 is 0 Å². The summed E-state index contributed by atoms with van der Waals surface area (Å²) < 4.78 is 5.57. The highest BCUT2D eigenvalue weighted by molar-refractivity contribution is 5.89. The Balaban J connectivity index is 1.82. The summed E-state index contributed by atoms with van der Waals surface area (Å²) in [7, 11) is 0. The molecule has 0 aromatic rings. The molecule has 2 amide bonds. The molecule has 0 bridgehead atoms. The van der Waals surface area contributed by atoms with Crippen LogP contribution in [-0.2, 0) is 14.3 Å². The molecule has 2 N–H and O–H groups in total. The van der Waals surface area contributed by atoms with Crippen molar-refractivity contribution in [1.82, 2.24) is 15.5 Å². The number of hydrogen-bond acceptors (Lipinski definition) is 4. The van der Waals surface area contributed by atoms with E-state index >= 15 is 0 Å². The van der Waals surface area contributed by atoms with E-state index < -0.39 is 6.04 Å². The number of piperazine rings is 1. The van der Waals surface area contributed by atoms with Crippen LogP contribution in [0.15, 0.2) is 12.7 Å². The summed E-state index contributed by atoms with van der Waals surface area (Å²) in [5, 5.41) is 5.81. The Morgan fingerprint density at radius 2 is 2.45 bits per heavy atom. The van der Waals surface area contributed by atoms with E-state index in [0.29, 0.717) is 19.6 Å². The van der Waals surface area contributed by atoms with Crippen LogP contribution in [0.5, 0.6) is 0 Å². The van der Waals surface area contributed by atoms with E-state index in [2.05, 4.69) is 17.2 Å². The first kappa shape index (κ1) is 15.0. The highest BCUT2D eigenvalue weighted by Gasteiger charge is 2.32. The van der Waals surface area contributed by atoms with Gasteiger partial charge < -0.3 is 20.3 Å². The molecule has 20 heavy (non-hydrogen) atoms. The number of nitrogens with one attached hydrogen (secondary N) is 2. The van der Waals surface area contributed by atoms with Crippen molar-refractivity contribution >= 4 is 11.8 Å². The van der Waals surface area contributed by atoms with E-state index in [9.17, 15) is 9.59 Å². The smallest absolute Gasteiger partial charge is 0.240 e. The summed E-state index contributed by atoms with van der Waals surface area (Å²) in [5.41, 5.74) is 0. The first-order valence-electron chi connectivity index (χ1n) is 7.22. The lowest BCUT2D eigenvalue weighted by Crippen LogP contribution is -2.57. The molecular formula is C14H23N3O3. The van der Waals surface area contributed by atoms with Gasteiger partial charge in [-0.25, -0.2) is 0 Å². The summed E-state index contributed by atoms with van der Waals surface area (Å²) in [6.07, 6.45) is 4.04. The zero-order chi connectivity index (χ0) is 14.4. The van der Waals surface area contributed by atoms with Crippen LogP contribution in [0.4, 0.5) is 0 Å². The molecule has 2 aliphatic heterocycles. The predicted molar refractivity (Wildman–Crippen MR) is 75.2 cm³/mol. The number of nitrogens with zero attached hydrogens (tertiary/aromatic N) is 1. The molecule has 2 atom stereocenters. The van der Waals surface area contributed by atoms with Crippen LogP contribution < -0.4 is 10.6 Å². The van der Waals surface area contributed by atoms with Gasteiger partial charge in [-0.05, 0) is 12.8 Å². The maximum atomic E-state index is 12.3. The molecule has 2 aliphatic rings. The topological polar surface area (TPSA) is 70.7 Å². The van der Waals surface area contributed by atoms with Gasteiger partial charge in [0, 0.05) is 32.8 Å². The molecule has 2 unspecified atom stereocenters. The third kappa shape index (κ3) is 4.05.